The summed E-state index contributed by atoms with van der Waals surface area (Å²) in [5.74, 6) is 0.815. The predicted octanol–water partition coefficient (Wildman–Crippen LogP) is 1.97. The van der Waals surface area contributed by atoms with Crippen molar-refractivity contribution in [2.24, 2.45) is 0 Å². The van der Waals surface area contributed by atoms with Crippen molar-refractivity contribution >= 4 is 15.8 Å². The molecule has 0 atom stereocenters. The van der Waals surface area contributed by atoms with Gasteiger partial charge in [-0.05, 0) is 19.4 Å². The second-order valence-electron chi connectivity index (χ2n) is 5.31. The number of pyridine rings is 1. The van der Waals surface area contributed by atoms with Crippen molar-refractivity contribution in [1.82, 2.24) is 14.8 Å². The van der Waals surface area contributed by atoms with Crippen molar-refractivity contribution in [1.29, 1.82) is 0 Å². The maximum atomic E-state index is 12.2. The highest BCUT2D eigenvalue weighted by atomic mass is 32.2. The number of anilines is 1. The summed E-state index contributed by atoms with van der Waals surface area (Å²) >= 11 is 0. The lowest BCUT2D eigenvalue weighted by Gasteiger charge is -2.20. The van der Waals surface area contributed by atoms with Crippen molar-refractivity contribution in [3.8, 4) is 5.88 Å². The van der Waals surface area contributed by atoms with Gasteiger partial charge in [-0.15, -0.1) is 0 Å². The first-order valence-corrected chi connectivity index (χ1v) is 9.21. The van der Waals surface area contributed by atoms with Gasteiger partial charge in [0.05, 0.1) is 19.9 Å². The molecule has 0 N–H and O–H groups in total. The Morgan fingerprint density at radius 1 is 1.39 bits per heavy atom. The Kier molecular flexibility index (Phi) is 5.25. The van der Waals surface area contributed by atoms with Gasteiger partial charge >= 0.3 is 0 Å². The first-order valence-electron chi connectivity index (χ1n) is 7.36. The third-order valence-corrected chi connectivity index (χ3v) is 4.53. The fourth-order valence-electron chi connectivity index (χ4n) is 2.30. The molecule has 8 heteroatoms. The third kappa shape index (κ3) is 4.01. The summed E-state index contributed by atoms with van der Waals surface area (Å²) in [5, 5.41) is 4.42. The number of aryl methyl sites for hydroxylation is 2. The van der Waals surface area contributed by atoms with E-state index in [4.69, 9.17) is 4.74 Å². The van der Waals surface area contributed by atoms with Crippen LogP contribution in [0.3, 0.4) is 0 Å². The van der Waals surface area contributed by atoms with Crippen molar-refractivity contribution < 1.29 is 13.2 Å². The van der Waals surface area contributed by atoms with Gasteiger partial charge in [0, 0.05) is 30.1 Å². The number of rotatable bonds is 7. The van der Waals surface area contributed by atoms with Crippen LogP contribution in [-0.4, -0.2) is 36.5 Å². The average molecular weight is 338 g/mol. The average Bonchev–Trinajstić information content (AvgIpc) is 2.85. The number of hydrogen-bond acceptors (Lipinski definition) is 5. The quantitative estimate of drug-likeness (QED) is 0.771. The summed E-state index contributed by atoms with van der Waals surface area (Å²) in [4.78, 5) is 4.11. The lowest BCUT2D eigenvalue weighted by molar-refractivity contribution is 0.392. The molecule has 0 saturated heterocycles. The first kappa shape index (κ1) is 17.3. The van der Waals surface area contributed by atoms with Crippen LogP contribution in [-0.2, 0) is 23.1 Å². The highest BCUT2D eigenvalue weighted by molar-refractivity contribution is 7.92. The summed E-state index contributed by atoms with van der Waals surface area (Å²) < 4.78 is 32.7. The number of nitrogens with zero attached hydrogens (tertiary/aromatic N) is 4. The molecule has 0 radical (unpaired) electrons. The molecule has 126 valence electrons. The number of methoxy groups -OCH3 is 1. The topological polar surface area (TPSA) is 77.3 Å². The number of hydrogen-bond donors (Lipinski definition) is 0. The minimum atomic E-state index is -3.49. The number of aromatic nitrogens is 3. The van der Waals surface area contributed by atoms with Gasteiger partial charge in [-0.25, -0.2) is 17.7 Å². The predicted molar refractivity (Wildman–Crippen MR) is 89.1 cm³/mol. The molecule has 0 aliphatic rings. The van der Waals surface area contributed by atoms with E-state index in [1.807, 2.05) is 11.6 Å². The molecule has 2 aromatic rings. The molecule has 0 fully saturated rings. The molecule has 0 saturated carbocycles. The largest absolute Gasteiger partial charge is 0.481 e. The monoisotopic (exact) mass is 338 g/mol. The van der Waals surface area contributed by atoms with Crippen LogP contribution >= 0.6 is 0 Å². The van der Waals surface area contributed by atoms with E-state index >= 15 is 0 Å². The van der Waals surface area contributed by atoms with Gasteiger partial charge in [-0.3, -0.25) is 4.68 Å². The van der Waals surface area contributed by atoms with Crippen molar-refractivity contribution in [2.75, 3.05) is 17.7 Å². The highest BCUT2D eigenvalue weighted by Gasteiger charge is 2.23. The molecule has 2 heterocycles. The van der Waals surface area contributed by atoms with E-state index in [-0.39, 0.29) is 6.54 Å². The SMILES string of the molecule is CCCn1nc(N(Cc2cccnc2OC)S(C)(=O)=O)cc1C. The fourth-order valence-corrected chi connectivity index (χ4v) is 3.11. The van der Waals surface area contributed by atoms with Gasteiger partial charge in [0.25, 0.3) is 0 Å². The van der Waals surface area contributed by atoms with E-state index in [2.05, 4.69) is 17.0 Å². The molecule has 0 aliphatic carbocycles. The number of ether oxygens (including phenoxy) is 1. The lowest BCUT2D eigenvalue weighted by Crippen LogP contribution is -2.30. The van der Waals surface area contributed by atoms with Crippen molar-refractivity contribution in [2.45, 2.75) is 33.4 Å². The Hall–Kier alpha value is -2.09. The molecule has 0 amide bonds. The standard InChI is InChI=1S/C15H22N4O3S/c1-5-9-18-12(2)10-14(17-18)19(23(4,20)21)11-13-7-6-8-16-15(13)22-3/h6-8,10H,5,9,11H2,1-4H3. The third-order valence-electron chi connectivity index (χ3n) is 3.42. The Morgan fingerprint density at radius 2 is 2.13 bits per heavy atom. The van der Waals surface area contributed by atoms with E-state index in [1.165, 1.54) is 17.7 Å². The van der Waals surface area contributed by atoms with Crippen LogP contribution in [0.2, 0.25) is 0 Å². The van der Waals surface area contributed by atoms with Gasteiger partial charge < -0.3 is 4.74 Å². The van der Waals surface area contributed by atoms with Crippen molar-refractivity contribution in [3.05, 3.63) is 35.7 Å². The Morgan fingerprint density at radius 3 is 2.74 bits per heavy atom. The second-order valence-corrected chi connectivity index (χ2v) is 7.22. The summed E-state index contributed by atoms with van der Waals surface area (Å²) in [6.07, 6.45) is 3.70. The van der Waals surface area contributed by atoms with Gasteiger partial charge in [0.15, 0.2) is 5.82 Å². The molecule has 0 spiro atoms. The summed E-state index contributed by atoms with van der Waals surface area (Å²) in [5.41, 5.74) is 1.61. The van der Waals surface area contributed by atoms with Crippen molar-refractivity contribution in [3.63, 3.8) is 0 Å². The van der Waals surface area contributed by atoms with Gasteiger partial charge in [0.2, 0.25) is 15.9 Å². The zero-order chi connectivity index (χ0) is 17.0. The minimum Gasteiger partial charge on any atom is -0.481 e. The van der Waals surface area contributed by atoms with Crippen LogP contribution < -0.4 is 9.04 Å². The molecule has 0 aliphatic heterocycles. The molecule has 2 rings (SSSR count). The van der Waals surface area contributed by atoms with Crippen LogP contribution in [0, 0.1) is 6.92 Å². The van der Waals surface area contributed by atoms with Crippen LogP contribution in [0.25, 0.3) is 0 Å². The van der Waals surface area contributed by atoms with E-state index in [0.717, 1.165) is 18.7 Å². The molecule has 7 nitrogen and oxygen atoms in total. The van der Waals surface area contributed by atoms with Crippen LogP contribution in [0.5, 0.6) is 5.88 Å². The molecular formula is C15H22N4O3S. The Bertz CT molecular complexity index is 771. The summed E-state index contributed by atoms with van der Waals surface area (Å²) in [6, 6.07) is 5.32. The molecule has 0 aromatic carbocycles. The molecular weight excluding hydrogens is 316 g/mol. The van der Waals surface area contributed by atoms with E-state index in [1.54, 1.807) is 24.4 Å². The zero-order valence-corrected chi connectivity index (χ0v) is 14.7. The van der Waals surface area contributed by atoms with Gasteiger partial charge in [0.1, 0.15) is 0 Å². The smallest absolute Gasteiger partial charge is 0.233 e. The van der Waals surface area contributed by atoms with Crippen LogP contribution in [0.15, 0.2) is 24.4 Å². The van der Waals surface area contributed by atoms with E-state index < -0.39 is 10.0 Å². The molecule has 23 heavy (non-hydrogen) atoms. The normalized spacial score (nSPS) is 11.5. The lowest BCUT2D eigenvalue weighted by atomic mass is 10.2. The summed E-state index contributed by atoms with van der Waals surface area (Å²) in [6.45, 7) is 4.84. The number of sulfonamides is 1. The maximum Gasteiger partial charge on any atom is 0.233 e. The van der Waals surface area contributed by atoms with E-state index in [0.29, 0.717) is 17.3 Å². The second kappa shape index (κ2) is 6.99. The maximum absolute atomic E-state index is 12.2. The molecule has 2 aromatic heterocycles. The Labute approximate surface area is 137 Å². The zero-order valence-electron chi connectivity index (χ0n) is 13.9. The minimum absolute atomic E-state index is 0.123. The van der Waals surface area contributed by atoms with Crippen LogP contribution in [0.1, 0.15) is 24.6 Å². The highest BCUT2D eigenvalue weighted by Crippen LogP contribution is 2.23. The fraction of sp³-hybridized carbons (Fsp3) is 0.467. The molecule has 0 bridgehead atoms. The van der Waals surface area contributed by atoms with Gasteiger partial charge in [-0.1, -0.05) is 13.0 Å². The van der Waals surface area contributed by atoms with Crippen LogP contribution in [0.4, 0.5) is 5.82 Å². The molecule has 0 unspecified atom stereocenters. The van der Waals surface area contributed by atoms with E-state index in [9.17, 15) is 8.42 Å². The first-order chi connectivity index (χ1) is 10.9. The Balaban J connectivity index is 2.41. The summed E-state index contributed by atoms with van der Waals surface area (Å²) in [7, 11) is -1.97. The van der Waals surface area contributed by atoms with Gasteiger partial charge in [-0.2, -0.15) is 5.10 Å².